The normalized spacial score (nSPS) is 11.3. The smallest absolute Gasteiger partial charge is 0.260 e. The summed E-state index contributed by atoms with van der Waals surface area (Å²) in [6.07, 6.45) is 1.57. The maximum atomic E-state index is 12.5. The summed E-state index contributed by atoms with van der Waals surface area (Å²) in [6, 6.07) is 3.60. The molecular formula is C16H18N4O3S. The highest BCUT2D eigenvalue weighted by molar-refractivity contribution is 7.17. The van der Waals surface area contributed by atoms with E-state index in [1.807, 2.05) is 23.4 Å². The van der Waals surface area contributed by atoms with Crippen molar-refractivity contribution in [3.05, 3.63) is 40.0 Å². The van der Waals surface area contributed by atoms with Gasteiger partial charge in [-0.3, -0.25) is 14.5 Å². The second-order valence-corrected chi connectivity index (χ2v) is 6.64. The van der Waals surface area contributed by atoms with Gasteiger partial charge in [0.25, 0.3) is 5.56 Å². The maximum Gasteiger partial charge on any atom is 0.260 e. The zero-order chi connectivity index (χ0) is 17.3. The van der Waals surface area contributed by atoms with E-state index in [1.165, 1.54) is 16.2 Å². The van der Waals surface area contributed by atoms with Gasteiger partial charge < -0.3 is 14.3 Å². The number of carbonyl (C=O) groups is 1. The summed E-state index contributed by atoms with van der Waals surface area (Å²) >= 11 is 1.40. The highest BCUT2D eigenvalue weighted by Gasteiger charge is 2.16. The van der Waals surface area contributed by atoms with Crippen molar-refractivity contribution in [2.24, 2.45) is 0 Å². The molecule has 24 heavy (non-hydrogen) atoms. The van der Waals surface area contributed by atoms with Crippen LogP contribution in [-0.2, 0) is 11.3 Å². The van der Waals surface area contributed by atoms with E-state index in [0.29, 0.717) is 28.3 Å². The van der Waals surface area contributed by atoms with Gasteiger partial charge >= 0.3 is 0 Å². The molecule has 3 rings (SSSR count). The minimum absolute atomic E-state index is 0.00263. The van der Waals surface area contributed by atoms with Crippen molar-refractivity contribution in [1.29, 1.82) is 0 Å². The number of nitrogens with zero attached hydrogens (tertiary/aromatic N) is 3. The van der Waals surface area contributed by atoms with Crippen LogP contribution in [0.4, 0.5) is 0 Å². The second kappa shape index (κ2) is 6.58. The standard InChI is InChI=1S/C16H18N4O3S/c1-19(2)13(21)8-20(3)7-12-17-15(22)14-10(9-24-16(14)18-12)11-5-4-6-23-11/h4-6,9H,7-8H2,1-3H3,(H,17,18,22). The van der Waals surface area contributed by atoms with Crippen molar-refractivity contribution < 1.29 is 9.21 Å². The molecule has 0 aliphatic rings. The number of furan rings is 1. The summed E-state index contributed by atoms with van der Waals surface area (Å²) in [7, 11) is 5.24. The number of hydrogen-bond acceptors (Lipinski definition) is 6. The summed E-state index contributed by atoms with van der Waals surface area (Å²) < 4.78 is 5.38. The molecule has 0 saturated carbocycles. The lowest BCUT2D eigenvalue weighted by Crippen LogP contribution is -2.34. The topological polar surface area (TPSA) is 82.4 Å². The molecule has 126 valence electrons. The van der Waals surface area contributed by atoms with Gasteiger partial charge in [-0.25, -0.2) is 4.98 Å². The van der Waals surface area contributed by atoms with Crippen LogP contribution in [0.5, 0.6) is 0 Å². The molecule has 0 fully saturated rings. The number of rotatable bonds is 5. The van der Waals surface area contributed by atoms with E-state index < -0.39 is 0 Å². The van der Waals surface area contributed by atoms with Gasteiger partial charge in [0.2, 0.25) is 5.91 Å². The van der Waals surface area contributed by atoms with Crippen LogP contribution in [0.15, 0.2) is 33.0 Å². The lowest BCUT2D eigenvalue weighted by atomic mass is 10.2. The molecule has 0 aliphatic carbocycles. The molecule has 0 unspecified atom stereocenters. The fourth-order valence-electron chi connectivity index (χ4n) is 2.37. The van der Waals surface area contributed by atoms with Crippen molar-refractivity contribution in [1.82, 2.24) is 19.8 Å². The number of hydrogen-bond donors (Lipinski definition) is 1. The van der Waals surface area contributed by atoms with Gasteiger partial charge in [0.15, 0.2) is 0 Å². The molecule has 3 aromatic heterocycles. The molecule has 0 aliphatic heterocycles. The Hall–Kier alpha value is -2.45. The molecule has 0 spiro atoms. The lowest BCUT2D eigenvalue weighted by molar-refractivity contribution is -0.129. The van der Waals surface area contributed by atoms with E-state index in [9.17, 15) is 9.59 Å². The molecule has 7 nitrogen and oxygen atoms in total. The first-order valence-electron chi connectivity index (χ1n) is 7.38. The SMILES string of the molecule is CN(CC(=O)N(C)C)Cc1nc2scc(-c3ccco3)c2c(=O)[nH]1. The van der Waals surface area contributed by atoms with Crippen LogP contribution < -0.4 is 5.56 Å². The number of carbonyl (C=O) groups excluding carboxylic acids is 1. The Morgan fingerprint density at radius 1 is 1.38 bits per heavy atom. The van der Waals surface area contributed by atoms with E-state index in [1.54, 1.807) is 26.4 Å². The van der Waals surface area contributed by atoms with Gasteiger partial charge in [-0.15, -0.1) is 11.3 Å². The molecule has 1 N–H and O–H groups in total. The Morgan fingerprint density at radius 2 is 2.17 bits per heavy atom. The van der Waals surface area contributed by atoms with Crippen LogP contribution in [0, 0.1) is 0 Å². The van der Waals surface area contributed by atoms with Crippen LogP contribution in [0.3, 0.4) is 0 Å². The Labute approximate surface area is 142 Å². The first kappa shape index (κ1) is 16.4. The van der Waals surface area contributed by atoms with E-state index >= 15 is 0 Å². The van der Waals surface area contributed by atoms with Gasteiger partial charge in [-0.05, 0) is 19.2 Å². The Morgan fingerprint density at radius 3 is 2.83 bits per heavy atom. The highest BCUT2D eigenvalue weighted by Crippen LogP contribution is 2.30. The number of thiophene rings is 1. The third-order valence-corrected chi connectivity index (χ3v) is 4.48. The average Bonchev–Trinajstić information content (AvgIpc) is 3.14. The summed E-state index contributed by atoms with van der Waals surface area (Å²) in [5, 5.41) is 2.40. The van der Waals surface area contributed by atoms with Gasteiger partial charge in [0.1, 0.15) is 16.4 Å². The molecule has 0 bridgehead atoms. The predicted molar refractivity (Wildman–Crippen MR) is 93.0 cm³/mol. The summed E-state index contributed by atoms with van der Waals surface area (Å²) in [5.74, 6) is 1.18. The minimum Gasteiger partial charge on any atom is -0.464 e. The minimum atomic E-state index is -0.199. The van der Waals surface area contributed by atoms with Crippen LogP contribution in [-0.4, -0.2) is 53.4 Å². The third kappa shape index (κ3) is 3.24. The van der Waals surface area contributed by atoms with Crippen LogP contribution in [0.1, 0.15) is 5.82 Å². The zero-order valence-corrected chi connectivity index (χ0v) is 14.5. The van der Waals surface area contributed by atoms with Crippen molar-refractivity contribution in [2.45, 2.75) is 6.54 Å². The largest absolute Gasteiger partial charge is 0.464 e. The highest BCUT2D eigenvalue weighted by atomic mass is 32.1. The fourth-order valence-corrected chi connectivity index (χ4v) is 3.31. The fraction of sp³-hybridized carbons (Fsp3) is 0.312. The van der Waals surface area contributed by atoms with E-state index in [-0.39, 0.29) is 18.0 Å². The van der Waals surface area contributed by atoms with Gasteiger partial charge in [-0.2, -0.15) is 0 Å². The number of nitrogens with one attached hydrogen (secondary N) is 1. The quantitative estimate of drug-likeness (QED) is 0.761. The molecule has 3 heterocycles. The molecule has 3 aromatic rings. The predicted octanol–water partition coefficient (Wildman–Crippen LogP) is 1.76. The number of aromatic amines is 1. The molecule has 0 aromatic carbocycles. The Bertz CT molecular complexity index is 911. The second-order valence-electron chi connectivity index (χ2n) is 5.78. The molecule has 0 radical (unpaired) electrons. The summed E-state index contributed by atoms with van der Waals surface area (Å²) in [4.78, 5) is 35.5. The Kier molecular flexibility index (Phi) is 4.50. The number of amides is 1. The van der Waals surface area contributed by atoms with Crippen molar-refractivity contribution in [3.8, 4) is 11.3 Å². The van der Waals surface area contributed by atoms with Gasteiger partial charge in [0.05, 0.1) is 24.7 Å². The zero-order valence-electron chi connectivity index (χ0n) is 13.7. The number of aromatic nitrogens is 2. The average molecular weight is 346 g/mol. The number of H-pyrrole nitrogens is 1. The van der Waals surface area contributed by atoms with Crippen LogP contribution in [0.25, 0.3) is 21.5 Å². The molecule has 8 heteroatoms. The number of likely N-dealkylation sites (N-methyl/N-ethyl adjacent to an activating group) is 2. The summed E-state index contributed by atoms with van der Waals surface area (Å²) in [6.45, 7) is 0.648. The lowest BCUT2D eigenvalue weighted by Gasteiger charge is -2.18. The van der Waals surface area contributed by atoms with E-state index in [2.05, 4.69) is 9.97 Å². The third-order valence-electron chi connectivity index (χ3n) is 3.60. The van der Waals surface area contributed by atoms with E-state index in [0.717, 1.165) is 5.56 Å². The van der Waals surface area contributed by atoms with Crippen molar-refractivity contribution in [3.63, 3.8) is 0 Å². The first-order valence-corrected chi connectivity index (χ1v) is 8.26. The number of fused-ring (bicyclic) bond motifs is 1. The van der Waals surface area contributed by atoms with Gasteiger partial charge in [-0.1, -0.05) is 0 Å². The van der Waals surface area contributed by atoms with Crippen LogP contribution >= 0.6 is 11.3 Å². The summed E-state index contributed by atoms with van der Waals surface area (Å²) in [5.41, 5.74) is 0.548. The maximum absolute atomic E-state index is 12.5. The van der Waals surface area contributed by atoms with Crippen LogP contribution in [0.2, 0.25) is 0 Å². The molecule has 1 amide bonds. The molecule has 0 saturated heterocycles. The van der Waals surface area contributed by atoms with E-state index in [4.69, 9.17) is 4.42 Å². The van der Waals surface area contributed by atoms with Crippen molar-refractivity contribution >= 4 is 27.5 Å². The van der Waals surface area contributed by atoms with Crippen molar-refractivity contribution in [2.75, 3.05) is 27.7 Å². The van der Waals surface area contributed by atoms with Gasteiger partial charge in [0, 0.05) is 25.0 Å². The Balaban J connectivity index is 1.87. The first-order chi connectivity index (χ1) is 11.5. The molecule has 0 atom stereocenters. The monoisotopic (exact) mass is 346 g/mol. The molecular weight excluding hydrogens is 328 g/mol.